The zero-order chi connectivity index (χ0) is 17.6. The summed E-state index contributed by atoms with van der Waals surface area (Å²) in [6, 6.07) is 9.63. The summed E-state index contributed by atoms with van der Waals surface area (Å²) in [5.74, 6) is 0.724. The smallest absolute Gasteiger partial charge is 0.317 e. The lowest BCUT2D eigenvalue weighted by Crippen LogP contribution is -2.50. The van der Waals surface area contributed by atoms with E-state index in [0.29, 0.717) is 19.7 Å². The number of piperidine rings is 1. The first kappa shape index (κ1) is 17.5. The Balaban J connectivity index is 1.53. The van der Waals surface area contributed by atoms with Crippen LogP contribution in [0.5, 0.6) is 5.75 Å². The van der Waals surface area contributed by atoms with Gasteiger partial charge in [0.25, 0.3) is 0 Å². The number of pyridine rings is 1. The zero-order valence-electron chi connectivity index (χ0n) is 14.6. The van der Waals surface area contributed by atoms with Crippen molar-refractivity contribution in [2.45, 2.75) is 32.2 Å². The number of aliphatic hydroxyl groups is 1. The minimum atomic E-state index is -0.130. The molecule has 0 radical (unpaired) electrons. The number of rotatable bonds is 5. The first-order valence-electron chi connectivity index (χ1n) is 8.83. The minimum absolute atomic E-state index is 0.0188. The van der Waals surface area contributed by atoms with Crippen LogP contribution in [0.3, 0.4) is 0 Å². The summed E-state index contributed by atoms with van der Waals surface area (Å²) in [6.07, 6.45) is 2.91. The monoisotopic (exact) mass is 343 g/mol. The van der Waals surface area contributed by atoms with Crippen LogP contribution in [0, 0.1) is 6.92 Å². The number of amides is 2. The molecular formula is C19H25N3O3. The highest BCUT2D eigenvalue weighted by molar-refractivity contribution is 5.84. The number of hydrogen-bond donors (Lipinski definition) is 2. The van der Waals surface area contributed by atoms with Crippen molar-refractivity contribution < 1.29 is 14.6 Å². The van der Waals surface area contributed by atoms with E-state index < -0.39 is 0 Å². The zero-order valence-corrected chi connectivity index (χ0v) is 14.6. The molecule has 2 N–H and O–H groups in total. The second kappa shape index (κ2) is 8.16. The second-order valence-corrected chi connectivity index (χ2v) is 6.39. The van der Waals surface area contributed by atoms with Crippen molar-refractivity contribution in [1.29, 1.82) is 0 Å². The molecule has 0 saturated carbocycles. The fourth-order valence-electron chi connectivity index (χ4n) is 3.21. The van der Waals surface area contributed by atoms with E-state index in [9.17, 15) is 9.90 Å². The molecule has 0 spiro atoms. The minimum Gasteiger partial charge on any atom is -0.489 e. The van der Waals surface area contributed by atoms with Crippen LogP contribution in [0.25, 0.3) is 10.9 Å². The third-order valence-corrected chi connectivity index (χ3v) is 4.56. The summed E-state index contributed by atoms with van der Waals surface area (Å²) in [4.78, 5) is 18.5. The van der Waals surface area contributed by atoms with Gasteiger partial charge in [-0.2, -0.15) is 0 Å². The maximum Gasteiger partial charge on any atom is 0.317 e. The topological polar surface area (TPSA) is 74.7 Å². The molecule has 25 heavy (non-hydrogen) atoms. The quantitative estimate of drug-likeness (QED) is 0.818. The molecule has 2 heterocycles. The van der Waals surface area contributed by atoms with Gasteiger partial charge in [0.05, 0.1) is 19.2 Å². The molecule has 1 fully saturated rings. The molecule has 2 amide bonds. The highest BCUT2D eigenvalue weighted by Crippen LogP contribution is 2.23. The molecule has 2 aromatic rings. The Morgan fingerprint density at radius 1 is 1.36 bits per heavy atom. The number of carbonyl (C=O) groups is 1. The van der Waals surface area contributed by atoms with Crippen molar-refractivity contribution in [1.82, 2.24) is 15.2 Å². The van der Waals surface area contributed by atoms with Crippen LogP contribution >= 0.6 is 0 Å². The molecule has 1 aromatic carbocycles. The predicted molar refractivity (Wildman–Crippen MR) is 96.8 cm³/mol. The van der Waals surface area contributed by atoms with E-state index in [1.807, 2.05) is 37.3 Å². The third-order valence-electron chi connectivity index (χ3n) is 4.56. The molecule has 1 atom stereocenters. The van der Waals surface area contributed by atoms with Gasteiger partial charge in [-0.25, -0.2) is 9.78 Å². The maximum absolute atomic E-state index is 12.3. The van der Waals surface area contributed by atoms with Gasteiger partial charge in [0.1, 0.15) is 17.9 Å². The Morgan fingerprint density at radius 3 is 3.08 bits per heavy atom. The molecule has 0 bridgehead atoms. The van der Waals surface area contributed by atoms with E-state index in [1.165, 1.54) is 0 Å². The SMILES string of the molecule is Cc1ccc2cccc(OCCNC(=O)N3CCCCC3CO)c2n1. The molecule has 1 unspecified atom stereocenters. The van der Waals surface area contributed by atoms with E-state index in [0.717, 1.165) is 41.6 Å². The first-order chi connectivity index (χ1) is 12.2. The van der Waals surface area contributed by atoms with Gasteiger partial charge < -0.3 is 20.1 Å². The molecular weight excluding hydrogens is 318 g/mol. The van der Waals surface area contributed by atoms with Gasteiger partial charge in [0.2, 0.25) is 0 Å². The summed E-state index contributed by atoms with van der Waals surface area (Å²) >= 11 is 0. The maximum atomic E-state index is 12.3. The lowest BCUT2D eigenvalue weighted by molar-refractivity contribution is 0.107. The van der Waals surface area contributed by atoms with Crippen molar-refractivity contribution in [3.8, 4) is 5.75 Å². The number of benzene rings is 1. The Bertz CT molecular complexity index is 735. The van der Waals surface area contributed by atoms with Crippen LogP contribution in [0.15, 0.2) is 30.3 Å². The average Bonchev–Trinajstić information content (AvgIpc) is 2.65. The number of para-hydroxylation sites is 1. The van der Waals surface area contributed by atoms with Gasteiger partial charge in [-0.3, -0.25) is 0 Å². The van der Waals surface area contributed by atoms with Gasteiger partial charge in [0, 0.05) is 17.6 Å². The standard InChI is InChI=1S/C19H25N3O3/c1-14-8-9-15-5-4-7-17(18(15)21-14)25-12-10-20-19(24)22-11-3-2-6-16(22)13-23/h4-5,7-9,16,23H,2-3,6,10-13H2,1H3,(H,20,24). The van der Waals surface area contributed by atoms with Crippen LogP contribution in [-0.4, -0.2) is 53.4 Å². The highest BCUT2D eigenvalue weighted by atomic mass is 16.5. The van der Waals surface area contributed by atoms with Gasteiger partial charge >= 0.3 is 6.03 Å². The second-order valence-electron chi connectivity index (χ2n) is 6.39. The number of fused-ring (bicyclic) bond motifs is 1. The van der Waals surface area contributed by atoms with Gasteiger partial charge in [0.15, 0.2) is 0 Å². The number of aromatic nitrogens is 1. The Labute approximate surface area is 147 Å². The van der Waals surface area contributed by atoms with Crippen molar-refractivity contribution in [2.24, 2.45) is 0 Å². The van der Waals surface area contributed by atoms with Gasteiger partial charge in [-0.1, -0.05) is 18.2 Å². The van der Waals surface area contributed by atoms with Gasteiger partial charge in [-0.05, 0) is 38.3 Å². The third kappa shape index (κ3) is 4.20. The summed E-state index contributed by atoms with van der Waals surface area (Å²) in [7, 11) is 0. The fraction of sp³-hybridized carbons (Fsp3) is 0.474. The number of likely N-dealkylation sites (tertiary alicyclic amines) is 1. The summed E-state index contributed by atoms with van der Waals surface area (Å²) in [5.41, 5.74) is 1.78. The largest absolute Gasteiger partial charge is 0.489 e. The lowest BCUT2D eigenvalue weighted by Gasteiger charge is -2.34. The van der Waals surface area contributed by atoms with Crippen LogP contribution in [0.4, 0.5) is 4.79 Å². The Morgan fingerprint density at radius 2 is 2.24 bits per heavy atom. The summed E-state index contributed by atoms with van der Waals surface area (Å²) < 4.78 is 5.82. The normalized spacial score (nSPS) is 17.5. The van der Waals surface area contributed by atoms with E-state index in [2.05, 4.69) is 10.3 Å². The van der Waals surface area contributed by atoms with Crippen molar-refractivity contribution in [3.63, 3.8) is 0 Å². The highest BCUT2D eigenvalue weighted by Gasteiger charge is 2.25. The number of aliphatic hydroxyl groups excluding tert-OH is 1. The Hall–Kier alpha value is -2.34. The number of hydrogen-bond acceptors (Lipinski definition) is 4. The van der Waals surface area contributed by atoms with E-state index >= 15 is 0 Å². The van der Waals surface area contributed by atoms with Crippen molar-refractivity contribution in [2.75, 3.05) is 26.3 Å². The van der Waals surface area contributed by atoms with Crippen LogP contribution in [0.1, 0.15) is 25.0 Å². The molecule has 1 aliphatic rings. The Kier molecular flexibility index (Phi) is 5.71. The number of carbonyl (C=O) groups excluding carboxylic acids is 1. The van der Waals surface area contributed by atoms with E-state index in [1.54, 1.807) is 4.90 Å². The molecule has 6 heteroatoms. The molecule has 134 valence electrons. The van der Waals surface area contributed by atoms with Crippen LogP contribution < -0.4 is 10.1 Å². The molecule has 1 saturated heterocycles. The summed E-state index contributed by atoms with van der Waals surface area (Å²) in [5, 5.41) is 13.3. The number of nitrogens with one attached hydrogen (secondary N) is 1. The van der Waals surface area contributed by atoms with Crippen molar-refractivity contribution in [3.05, 3.63) is 36.0 Å². The lowest BCUT2D eigenvalue weighted by atomic mass is 10.0. The number of urea groups is 1. The number of ether oxygens (including phenoxy) is 1. The van der Waals surface area contributed by atoms with Crippen molar-refractivity contribution >= 4 is 16.9 Å². The molecule has 1 aliphatic heterocycles. The van der Waals surface area contributed by atoms with E-state index in [-0.39, 0.29) is 18.7 Å². The van der Waals surface area contributed by atoms with E-state index in [4.69, 9.17) is 4.74 Å². The summed E-state index contributed by atoms with van der Waals surface area (Å²) in [6.45, 7) is 3.45. The molecule has 6 nitrogen and oxygen atoms in total. The molecule has 0 aliphatic carbocycles. The first-order valence-corrected chi connectivity index (χ1v) is 8.83. The predicted octanol–water partition coefficient (Wildman–Crippen LogP) is 2.48. The number of nitrogens with zero attached hydrogens (tertiary/aromatic N) is 2. The molecule has 1 aromatic heterocycles. The van der Waals surface area contributed by atoms with Gasteiger partial charge in [-0.15, -0.1) is 0 Å². The average molecular weight is 343 g/mol. The number of aryl methyl sites for hydroxylation is 1. The van der Waals surface area contributed by atoms with Crippen LogP contribution in [-0.2, 0) is 0 Å². The fourth-order valence-corrected chi connectivity index (χ4v) is 3.21. The van der Waals surface area contributed by atoms with Crippen LogP contribution in [0.2, 0.25) is 0 Å². The molecule has 3 rings (SSSR count).